The third kappa shape index (κ3) is 3.09. The molecule has 0 atom stereocenters. The molecule has 6 heteroatoms. The van der Waals surface area contributed by atoms with Gasteiger partial charge in [0.15, 0.2) is 15.8 Å². The summed E-state index contributed by atoms with van der Waals surface area (Å²) in [4.78, 5) is 15.6. The summed E-state index contributed by atoms with van der Waals surface area (Å²) >= 11 is 1.21. The predicted molar refractivity (Wildman–Crippen MR) is 61.2 cm³/mol. The molecule has 1 heterocycles. The molecule has 15 heavy (non-hydrogen) atoms. The van der Waals surface area contributed by atoms with E-state index in [-0.39, 0.29) is 5.82 Å². The van der Waals surface area contributed by atoms with Crippen molar-refractivity contribution in [1.82, 2.24) is 4.98 Å². The average Bonchev–Trinajstić information content (AvgIpc) is 2.55. The number of rotatable bonds is 4. The zero-order valence-corrected chi connectivity index (χ0v) is 9.85. The van der Waals surface area contributed by atoms with Crippen LogP contribution in [0.1, 0.15) is 23.5 Å². The first kappa shape index (κ1) is 11.8. The molecular formula is C9H15N3O2S. The zero-order chi connectivity index (χ0) is 11.4. The molecule has 0 spiro atoms. The first-order chi connectivity index (χ1) is 7.04. The molecule has 0 aliphatic heterocycles. The molecule has 0 saturated heterocycles. The fourth-order valence-electron chi connectivity index (χ4n) is 0.938. The van der Waals surface area contributed by atoms with Crippen LogP contribution in [0.5, 0.6) is 0 Å². The number of hydrogen-bond donors (Lipinski definition) is 2. The Labute approximate surface area is 92.6 Å². The summed E-state index contributed by atoms with van der Waals surface area (Å²) < 4.78 is 4.58. The molecule has 0 unspecified atom stereocenters. The van der Waals surface area contributed by atoms with Gasteiger partial charge in [0.05, 0.1) is 7.11 Å². The average molecular weight is 229 g/mol. The van der Waals surface area contributed by atoms with Gasteiger partial charge in [-0.05, 0) is 5.92 Å². The van der Waals surface area contributed by atoms with Gasteiger partial charge in [0.25, 0.3) is 0 Å². The van der Waals surface area contributed by atoms with E-state index >= 15 is 0 Å². The van der Waals surface area contributed by atoms with Crippen molar-refractivity contribution in [1.29, 1.82) is 0 Å². The highest BCUT2D eigenvalue weighted by atomic mass is 32.1. The van der Waals surface area contributed by atoms with E-state index in [0.717, 1.165) is 6.54 Å². The van der Waals surface area contributed by atoms with Gasteiger partial charge < -0.3 is 15.8 Å². The predicted octanol–water partition coefficient (Wildman–Crippen LogP) is 1.58. The Morgan fingerprint density at radius 3 is 2.87 bits per heavy atom. The van der Waals surface area contributed by atoms with Crippen molar-refractivity contribution in [2.24, 2.45) is 5.92 Å². The van der Waals surface area contributed by atoms with Gasteiger partial charge >= 0.3 is 5.97 Å². The van der Waals surface area contributed by atoms with E-state index < -0.39 is 5.97 Å². The number of nitrogens with zero attached hydrogens (tertiary/aromatic N) is 1. The van der Waals surface area contributed by atoms with Crippen LogP contribution in [-0.4, -0.2) is 24.6 Å². The minimum Gasteiger partial charge on any atom is -0.465 e. The van der Waals surface area contributed by atoms with Crippen LogP contribution in [0, 0.1) is 5.92 Å². The molecule has 1 rings (SSSR count). The Morgan fingerprint density at radius 2 is 2.33 bits per heavy atom. The maximum absolute atomic E-state index is 11.2. The van der Waals surface area contributed by atoms with Gasteiger partial charge in [-0.2, -0.15) is 0 Å². The molecule has 0 aliphatic rings. The molecule has 0 amide bonds. The second-order valence-corrected chi connectivity index (χ2v) is 4.50. The molecule has 3 N–H and O–H groups in total. The van der Waals surface area contributed by atoms with Crippen molar-refractivity contribution in [2.45, 2.75) is 13.8 Å². The maximum Gasteiger partial charge on any atom is 0.351 e. The van der Waals surface area contributed by atoms with Gasteiger partial charge in [0, 0.05) is 6.54 Å². The molecule has 1 aromatic rings. The molecule has 1 aromatic heterocycles. The number of carbonyl (C=O) groups is 1. The molecule has 84 valence electrons. The minimum atomic E-state index is -0.442. The number of thiazole rings is 1. The highest BCUT2D eigenvalue weighted by Gasteiger charge is 2.16. The molecule has 0 fully saturated rings. The number of ether oxygens (including phenoxy) is 1. The van der Waals surface area contributed by atoms with Gasteiger partial charge in [-0.25, -0.2) is 9.78 Å². The number of anilines is 2. The first-order valence-electron chi connectivity index (χ1n) is 4.63. The summed E-state index contributed by atoms with van der Waals surface area (Å²) in [7, 11) is 1.32. The Bertz CT molecular complexity index is 349. The lowest BCUT2D eigenvalue weighted by Gasteiger charge is -2.04. The lowest BCUT2D eigenvalue weighted by molar-refractivity contribution is 0.0607. The van der Waals surface area contributed by atoms with E-state index in [1.54, 1.807) is 0 Å². The molecule has 0 aliphatic carbocycles. The summed E-state index contributed by atoms with van der Waals surface area (Å²) in [5, 5.41) is 3.76. The van der Waals surface area contributed by atoms with E-state index in [1.165, 1.54) is 18.4 Å². The van der Waals surface area contributed by atoms with E-state index in [9.17, 15) is 4.79 Å². The van der Waals surface area contributed by atoms with Crippen LogP contribution in [0.25, 0.3) is 0 Å². The van der Waals surface area contributed by atoms with Crippen LogP contribution >= 0.6 is 11.3 Å². The van der Waals surface area contributed by atoms with Gasteiger partial charge in [-0.3, -0.25) is 0 Å². The minimum absolute atomic E-state index is 0.220. The molecule has 0 saturated carbocycles. The number of nitrogens with one attached hydrogen (secondary N) is 1. The molecule has 0 radical (unpaired) electrons. The van der Waals surface area contributed by atoms with Crippen molar-refractivity contribution in [3.05, 3.63) is 4.88 Å². The van der Waals surface area contributed by atoms with E-state index in [0.29, 0.717) is 15.9 Å². The third-order valence-corrected chi connectivity index (χ3v) is 2.69. The summed E-state index contributed by atoms with van der Waals surface area (Å²) in [6.45, 7) is 4.98. The van der Waals surface area contributed by atoms with Gasteiger partial charge in [0.1, 0.15) is 0 Å². The third-order valence-electron chi connectivity index (χ3n) is 1.69. The smallest absolute Gasteiger partial charge is 0.351 e. The fraction of sp³-hybridized carbons (Fsp3) is 0.556. The van der Waals surface area contributed by atoms with Crippen LogP contribution in [0.3, 0.4) is 0 Å². The highest BCUT2D eigenvalue weighted by molar-refractivity contribution is 7.17. The normalized spacial score (nSPS) is 10.4. The van der Waals surface area contributed by atoms with Crippen molar-refractivity contribution >= 4 is 28.3 Å². The Balaban J connectivity index is 2.72. The fourth-order valence-corrected chi connectivity index (χ4v) is 1.75. The molecule has 0 aromatic carbocycles. The number of carbonyl (C=O) groups excluding carboxylic acids is 1. The monoisotopic (exact) mass is 229 g/mol. The summed E-state index contributed by atoms with van der Waals surface area (Å²) in [5.41, 5.74) is 5.58. The number of esters is 1. The zero-order valence-electron chi connectivity index (χ0n) is 9.03. The standard InChI is InChI=1S/C9H15N3O2S/c1-5(2)4-11-9-12-7(10)6(15-9)8(13)14-3/h5H,4,10H2,1-3H3,(H,11,12). The Kier molecular flexibility index (Phi) is 3.90. The number of nitrogen functional groups attached to an aromatic ring is 1. The van der Waals surface area contributed by atoms with Crippen LogP contribution in [0.2, 0.25) is 0 Å². The lowest BCUT2D eigenvalue weighted by atomic mass is 10.2. The summed E-state index contributed by atoms with van der Waals surface area (Å²) in [5.74, 6) is 0.289. The molecular weight excluding hydrogens is 214 g/mol. The van der Waals surface area contributed by atoms with Crippen molar-refractivity contribution in [2.75, 3.05) is 24.7 Å². The van der Waals surface area contributed by atoms with Gasteiger partial charge in [0.2, 0.25) is 0 Å². The number of nitrogens with two attached hydrogens (primary N) is 1. The maximum atomic E-state index is 11.2. The number of methoxy groups -OCH3 is 1. The first-order valence-corrected chi connectivity index (χ1v) is 5.44. The largest absolute Gasteiger partial charge is 0.465 e. The van der Waals surface area contributed by atoms with Crippen molar-refractivity contribution in [3.8, 4) is 0 Å². The summed E-state index contributed by atoms with van der Waals surface area (Å²) in [6, 6.07) is 0. The van der Waals surface area contributed by atoms with Crippen LogP contribution < -0.4 is 11.1 Å². The second kappa shape index (κ2) is 4.97. The van der Waals surface area contributed by atoms with Crippen molar-refractivity contribution < 1.29 is 9.53 Å². The highest BCUT2D eigenvalue weighted by Crippen LogP contribution is 2.25. The number of hydrogen-bond acceptors (Lipinski definition) is 6. The molecule has 5 nitrogen and oxygen atoms in total. The molecule has 0 bridgehead atoms. The van der Waals surface area contributed by atoms with Gasteiger partial charge in [-0.1, -0.05) is 25.2 Å². The number of aromatic nitrogens is 1. The van der Waals surface area contributed by atoms with Gasteiger partial charge in [-0.15, -0.1) is 0 Å². The second-order valence-electron chi connectivity index (χ2n) is 3.50. The summed E-state index contributed by atoms with van der Waals surface area (Å²) in [6.07, 6.45) is 0. The topological polar surface area (TPSA) is 77.2 Å². The quantitative estimate of drug-likeness (QED) is 0.766. The van der Waals surface area contributed by atoms with Crippen LogP contribution in [0.4, 0.5) is 10.9 Å². The lowest BCUT2D eigenvalue weighted by Crippen LogP contribution is -2.07. The Morgan fingerprint density at radius 1 is 1.67 bits per heavy atom. The van der Waals surface area contributed by atoms with E-state index in [2.05, 4.69) is 28.9 Å². The van der Waals surface area contributed by atoms with E-state index in [4.69, 9.17) is 5.73 Å². The van der Waals surface area contributed by atoms with Crippen LogP contribution in [0.15, 0.2) is 0 Å². The Hall–Kier alpha value is -1.30. The SMILES string of the molecule is COC(=O)c1sc(NCC(C)C)nc1N. The van der Waals surface area contributed by atoms with E-state index in [1.807, 2.05) is 0 Å². The van der Waals surface area contributed by atoms with Crippen molar-refractivity contribution in [3.63, 3.8) is 0 Å². The van der Waals surface area contributed by atoms with Crippen LogP contribution in [-0.2, 0) is 4.74 Å².